The van der Waals surface area contributed by atoms with E-state index in [0.717, 1.165) is 6.42 Å². The van der Waals surface area contributed by atoms with Crippen molar-refractivity contribution in [1.82, 2.24) is 9.88 Å². The summed E-state index contributed by atoms with van der Waals surface area (Å²) >= 11 is 0. The van der Waals surface area contributed by atoms with Crippen LogP contribution in [-0.4, -0.2) is 46.7 Å². The Morgan fingerprint density at radius 3 is 2.30 bits per heavy atom. The van der Waals surface area contributed by atoms with Crippen LogP contribution < -0.4 is 0 Å². The molecule has 0 aliphatic heterocycles. The van der Waals surface area contributed by atoms with Gasteiger partial charge in [0.2, 0.25) is 5.91 Å². The predicted molar refractivity (Wildman–Crippen MR) is 87.7 cm³/mol. The van der Waals surface area contributed by atoms with E-state index in [1.807, 2.05) is 6.92 Å². The third-order valence-electron chi connectivity index (χ3n) is 3.88. The molecule has 0 spiro atoms. The van der Waals surface area contributed by atoms with Gasteiger partial charge in [0.25, 0.3) is 0 Å². The van der Waals surface area contributed by atoms with Crippen LogP contribution in [0, 0.1) is 13.8 Å². The number of nitrogens with one attached hydrogen (secondary N) is 1. The maximum Gasteiger partial charge on any atom is 0.355 e. The van der Waals surface area contributed by atoms with Gasteiger partial charge in [0.05, 0.1) is 12.6 Å². The summed E-state index contributed by atoms with van der Waals surface area (Å²) in [5, 5.41) is 0. The Hall–Kier alpha value is -2.11. The molecule has 23 heavy (non-hydrogen) atoms. The maximum absolute atomic E-state index is 12.8. The van der Waals surface area contributed by atoms with Crippen molar-refractivity contribution in [2.75, 3.05) is 13.2 Å². The van der Waals surface area contributed by atoms with Gasteiger partial charge in [-0.3, -0.25) is 9.59 Å². The molecule has 1 atom stereocenters. The average Bonchev–Trinajstić information content (AvgIpc) is 2.78. The minimum atomic E-state index is -0.573. The molecule has 1 aromatic rings. The van der Waals surface area contributed by atoms with Gasteiger partial charge < -0.3 is 14.6 Å². The second-order valence-electron chi connectivity index (χ2n) is 5.60. The van der Waals surface area contributed by atoms with Crippen LogP contribution in [-0.2, 0) is 9.53 Å². The Bertz CT molecular complexity index is 604. The van der Waals surface area contributed by atoms with Gasteiger partial charge in [0.1, 0.15) is 5.69 Å². The van der Waals surface area contributed by atoms with Gasteiger partial charge in [0, 0.05) is 24.7 Å². The lowest BCUT2D eigenvalue weighted by atomic mass is 9.99. The number of H-pyrrole nitrogens is 1. The van der Waals surface area contributed by atoms with E-state index in [1.54, 1.807) is 32.6 Å². The molecule has 1 unspecified atom stereocenters. The molecule has 1 amide bonds. The predicted octanol–water partition coefficient (Wildman–Crippen LogP) is 2.64. The van der Waals surface area contributed by atoms with E-state index in [2.05, 4.69) is 4.98 Å². The first-order chi connectivity index (χ1) is 10.8. The van der Waals surface area contributed by atoms with E-state index in [0.29, 0.717) is 29.1 Å². The highest BCUT2D eigenvalue weighted by molar-refractivity contribution is 6.06. The zero-order valence-electron chi connectivity index (χ0n) is 14.8. The van der Waals surface area contributed by atoms with Crippen molar-refractivity contribution in [3.63, 3.8) is 0 Å². The summed E-state index contributed by atoms with van der Waals surface area (Å²) in [7, 11) is 0. The number of carbonyl (C=O) groups is 3. The molecule has 128 valence electrons. The number of hydrogen-bond acceptors (Lipinski definition) is 4. The van der Waals surface area contributed by atoms with Crippen LogP contribution >= 0.6 is 0 Å². The molecule has 1 heterocycles. The number of nitrogens with zero attached hydrogens (tertiary/aromatic N) is 1. The normalized spacial score (nSPS) is 11.9. The quantitative estimate of drug-likeness (QED) is 0.618. The second kappa shape index (κ2) is 7.94. The SMILES string of the molecule is CCCN(C(C)=O)C(C)C(=O)c1c(C)[nH]c(C(=O)OCC)c1C. The monoisotopic (exact) mass is 322 g/mol. The van der Waals surface area contributed by atoms with Gasteiger partial charge in [-0.2, -0.15) is 0 Å². The number of rotatable bonds is 7. The Labute approximate surface area is 137 Å². The van der Waals surface area contributed by atoms with E-state index in [1.165, 1.54) is 6.92 Å². The fraction of sp³-hybridized carbons (Fsp3) is 0.588. The van der Waals surface area contributed by atoms with Gasteiger partial charge in [-0.05, 0) is 39.7 Å². The van der Waals surface area contributed by atoms with E-state index in [-0.39, 0.29) is 18.3 Å². The van der Waals surface area contributed by atoms with Crippen LogP contribution in [0.1, 0.15) is 66.2 Å². The van der Waals surface area contributed by atoms with E-state index in [4.69, 9.17) is 4.74 Å². The lowest BCUT2D eigenvalue weighted by Gasteiger charge is -2.27. The van der Waals surface area contributed by atoms with Crippen molar-refractivity contribution in [3.05, 3.63) is 22.5 Å². The van der Waals surface area contributed by atoms with Crippen LogP contribution in [0.15, 0.2) is 0 Å². The van der Waals surface area contributed by atoms with Gasteiger partial charge in [-0.25, -0.2) is 4.79 Å². The number of amides is 1. The number of ketones is 1. The number of ether oxygens (including phenoxy) is 1. The fourth-order valence-electron chi connectivity index (χ4n) is 2.74. The Morgan fingerprint density at radius 1 is 1.22 bits per heavy atom. The van der Waals surface area contributed by atoms with Crippen molar-refractivity contribution in [2.24, 2.45) is 0 Å². The zero-order chi connectivity index (χ0) is 17.7. The summed E-state index contributed by atoms with van der Waals surface area (Å²) in [6.07, 6.45) is 0.774. The van der Waals surface area contributed by atoms with Gasteiger partial charge in [-0.15, -0.1) is 0 Å². The molecule has 0 radical (unpaired) electrons. The van der Waals surface area contributed by atoms with Gasteiger partial charge in [-0.1, -0.05) is 6.92 Å². The highest BCUT2D eigenvalue weighted by atomic mass is 16.5. The number of aromatic nitrogens is 1. The van der Waals surface area contributed by atoms with Gasteiger partial charge in [0.15, 0.2) is 5.78 Å². The van der Waals surface area contributed by atoms with Crippen LogP contribution in [0.3, 0.4) is 0 Å². The summed E-state index contributed by atoms with van der Waals surface area (Å²) in [5.74, 6) is -0.781. The third kappa shape index (κ3) is 4.00. The standard InChI is InChI=1S/C17H26N2O4/c1-7-9-19(13(6)20)12(5)16(21)14-10(3)15(18-11(14)4)17(22)23-8-2/h12,18H,7-9H2,1-6H3. The topological polar surface area (TPSA) is 79.5 Å². The molecular formula is C17H26N2O4. The maximum atomic E-state index is 12.8. The van der Waals surface area contributed by atoms with E-state index < -0.39 is 12.0 Å². The smallest absolute Gasteiger partial charge is 0.355 e. The number of aryl methyl sites for hydroxylation is 1. The Morgan fingerprint density at radius 2 is 1.83 bits per heavy atom. The third-order valence-corrected chi connectivity index (χ3v) is 3.88. The summed E-state index contributed by atoms with van der Waals surface area (Å²) in [6.45, 7) is 11.1. The highest BCUT2D eigenvalue weighted by Crippen LogP contribution is 2.22. The molecule has 0 saturated carbocycles. The molecule has 6 heteroatoms. The van der Waals surface area contributed by atoms with E-state index >= 15 is 0 Å². The summed E-state index contributed by atoms with van der Waals surface area (Å²) in [4.78, 5) is 41.0. The molecule has 0 aliphatic rings. The van der Waals surface area contributed by atoms with Crippen molar-refractivity contribution >= 4 is 17.7 Å². The van der Waals surface area contributed by atoms with Crippen LogP contribution in [0.4, 0.5) is 0 Å². The fourth-order valence-corrected chi connectivity index (χ4v) is 2.74. The summed E-state index contributed by atoms with van der Waals surface area (Å²) in [5.41, 5.74) is 1.94. The van der Waals surface area contributed by atoms with Gasteiger partial charge >= 0.3 is 5.97 Å². The van der Waals surface area contributed by atoms with E-state index in [9.17, 15) is 14.4 Å². The molecule has 0 fully saturated rings. The lowest BCUT2D eigenvalue weighted by molar-refractivity contribution is -0.130. The zero-order valence-corrected chi connectivity index (χ0v) is 14.8. The number of aromatic amines is 1. The molecule has 1 rings (SSSR count). The lowest BCUT2D eigenvalue weighted by Crippen LogP contribution is -2.42. The largest absolute Gasteiger partial charge is 0.461 e. The summed E-state index contributed by atoms with van der Waals surface area (Å²) < 4.78 is 5.00. The first-order valence-electron chi connectivity index (χ1n) is 7.93. The number of carbonyl (C=O) groups excluding carboxylic acids is 3. The first-order valence-corrected chi connectivity index (χ1v) is 7.93. The Kier molecular flexibility index (Phi) is 6.54. The number of esters is 1. The average molecular weight is 322 g/mol. The molecule has 0 aromatic carbocycles. The molecular weight excluding hydrogens is 296 g/mol. The molecule has 0 bridgehead atoms. The minimum absolute atomic E-state index is 0.135. The van der Waals surface area contributed by atoms with Crippen molar-refractivity contribution in [1.29, 1.82) is 0 Å². The van der Waals surface area contributed by atoms with Crippen molar-refractivity contribution in [2.45, 2.75) is 54.0 Å². The van der Waals surface area contributed by atoms with Crippen molar-refractivity contribution < 1.29 is 19.1 Å². The van der Waals surface area contributed by atoms with Crippen LogP contribution in [0.5, 0.6) is 0 Å². The molecule has 0 aliphatic carbocycles. The minimum Gasteiger partial charge on any atom is -0.461 e. The molecule has 1 N–H and O–H groups in total. The molecule has 6 nitrogen and oxygen atoms in total. The summed E-state index contributed by atoms with van der Waals surface area (Å²) in [6, 6.07) is -0.573. The second-order valence-corrected chi connectivity index (χ2v) is 5.60. The highest BCUT2D eigenvalue weighted by Gasteiger charge is 2.29. The number of Topliss-reactive ketones (excluding diaryl/α,β-unsaturated/α-hetero) is 1. The van der Waals surface area contributed by atoms with Crippen LogP contribution in [0.25, 0.3) is 0 Å². The Balaban J connectivity index is 3.17. The molecule has 0 saturated heterocycles. The van der Waals surface area contributed by atoms with Crippen LogP contribution in [0.2, 0.25) is 0 Å². The van der Waals surface area contributed by atoms with Crippen molar-refractivity contribution in [3.8, 4) is 0 Å². The first kappa shape index (κ1) is 18.9. The molecule has 1 aromatic heterocycles. The number of hydrogen-bond donors (Lipinski definition) is 1.